The molecule has 1 amide bonds. The number of benzene rings is 1. The van der Waals surface area contributed by atoms with E-state index < -0.39 is 4.92 Å². The molecule has 1 N–H and O–H groups in total. The first-order valence-electron chi connectivity index (χ1n) is 7.07. The van der Waals surface area contributed by atoms with Crippen molar-refractivity contribution in [3.05, 3.63) is 34.4 Å². The molecule has 0 bridgehead atoms. The molecule has 7 nitrogen and oxygen atoms in total. The van der Waals surface area contributed by atoms with E-state index >= 15 is 0 Å². The van der Waals surface area contributed by atoms with Crippen molar-refractivity contribution in [2.24, 2.45) is 5.92 Å². The Balaban J connectivity index is 1.83. The number of thioether (sulfide) groups is 2. The number of rotatable bonds is 8. The van der Waals surface area contributed by atoms with Crippen LogP contribution in [0.4, 0.5) is 11.4 Å². The van der Waals surface area contributed by atoms with Gasteiger partial charge in [0.25, 0.3) is 5.69 Å². The van der Waals surface area contributed by atoms with Crippen LogP contribution in [-0.4, -0.2) is 32.5 Å². The highest BCUT2D eigenvalue weighted by Gasteiger charge is 2.11. The molecule has 2 rings (SSSR count). The van der Waals surface area contributed by atoms with Crippen molar-refractivity contribution in [1.29, 1.82) is 0 Å². The van der Waals surface area contributed by atoms with E-state index in [-0.39, 0.29) is 17.3 Å². The van der Waals surface area contributed by atoms with Crippen LogP contribution in [0.5, 0.6) is 0 Å². The third-order valence-electron chi connectivity index (χ3n) is 2.60. The maximum atomic E-state index is 11.9. The molecule has 1 aromatic carbocycles. The van der Waals surface area contributed by atoms with Gasteiger partial charge < -0.3 is 5.32 Å². The summed E-state index contributed by atoms with van der Waals surface area (Å²) in [5.41, 5.74) is 0.344. The molecule has 24 heavy (non-hydrogen) atoms. The van der Waals surface area contributed by atoms with Crippen molar-refractivity contribution in [3.8, 4) is 0 Å². The number of aromatic nitrogens is 2. The number of nitro benzene ring substituents is 1. The summed E-state index contributed by atoms with van der Waals surface area (Å²) in [6, 6.07) is 5.85. The molecule has 0 spiro atoms. The lowest BCUT2D eigenvalue weighted by atomic mass is 10.3. The number of non-ortho nitro benzene ring substituents is 1. The Labute approximate surface area is 151 Å². The first-order valence-corrected chi connectivity index (χ1v) is 9.86. The Morgan fingerprint density at radius 1 is 1.33 bits per heavy atom. The molecule has 0 saturated carbocycles. The number of amides is 1. The lowest BCUT2D eigenvalue weighted by molar-refractivity contribution is -0.384. The van der Waals surface area contributed by atoms with Crippen LogP contribution in [0.15, 0.2) is 32.9 Å². The van der Waals surface area contributed by atoms with Crippen molar-refractivity contribution in [2.75, 3.05) is 16.8 Å². The minimum absolute atomic E-state index is 0.0589. The van der Waals surface area contributed by atoms with E-state index in [0.717, 1.165) is 14.4 Å². The topological polar surface area (TPSA) is 98.0 Å². The minimum atomic E-state index is -0.498. The van der Waals surface area contributed by atoms with Gasteiger partial charge in [0, 0.05) is 23.6 Å². The molecular formula is C14H16N4O3S3. The Kier molecular flexibility index (Phi) is 7.00. The summed E-state index contributed by atoms with van der Waals surface area (Å²) in [6.45, 7) is 4.28. The first-order chi connectivity index (χ1) is 11.4. The van der Waals surface area contributed by atoms with Crippen LogP contribution in [0.3, 0.4) is 0 Å². The van der Waals surface area contributed by atoms with Crippen LogP contribution in [0.25, 0.3) is 0 Å². The van der Waals surface area contributed by atoms with Gasteiger partial charge in [0.2, 0.25) is 5.91 Å². The second-order valence-corrected chi connectivity index (χ2v) is 8.65. The first kappa shape index (κ1) is 18.7. The summed E-state index contributed by atoms with van der Waals surface area (Å²) in [6.07, 6.45) is 0. The molecule has 1 aromatic heterocycles. The number of nitrogens with zero attached hydrogens (tertiary/aromatic N) is 3. The molecular weight excluding hydrogens is 368 g/mol. The van der Waals surface area contributed by atoms with E-state index in [9.17, 15) is 14.9 Å². The molecule has 0 fully saturated rings. The van der Waals surface area contributed by atoms with Crippen LogP contribution in [-0.2, 0) is 4.79 Å². The molecule has 1 heterocycles. The van der Waals surface area contributed by atoms with Crippen LogP contribution in [0, 0.1) is 16.0 Å². The number of hydrogen-bond acceptors (Lipinski definition) is 8. The van der Waals surface area contributed by atoms with Crippen molar-refractivity contribution in [2.45, 2.75) is 22.5 Å². The number of hydrogen-bond donors (Lipinski definition) is 1. The number of carbonyl (C=O) groups excluding carboxylic acids is 1. The molecule has 0 unspecified atom stereocenters. The van der Waals surface area contributed by atoms with E-state index in [4.69, 9.17) is 0 Å². The fourth-order valence-electron chi connectivity index (χ4n) is 1.57. The Morgan fingerprint density at radius 3 is 2.71 bits per heavy atom. The monoisotopic (exact) mass is 384 g/mol. The molecule has 0 saturated heterocycles. The quantitative estimate of drug-likeness (QED) is 0.418. The lowest BCUT2D eigenvalue weighted by Crippen LogP contribution is -2.14. The number of nitrogens with one attached hydrogen (secondary N) is 1. The molecule has 0 aliphatic heterocycles. The normalized spacial score (nSPS) is 10.8. The molecule has 0 atom stereocenters. The SMILES string of the molecule is CC(C)CSc1nnc(SCC(=O)Nc2cccc([N+](=O)[O-])c2)s1. The van der Waals surface area contributed by atoms with Crippen molar-refractivity contribution < 1.29 is 9.72 Å². The van der Waals surface area contributed by atoms with Gasteiger partial charge in [-0.25, -0.2) is 0 Å². The summed E-state index contributed by atoms with van der Waals surface area (Å²) in [7, 11) is 0. The van der Waals surface area contributed by atoms with Gasteiger partial charge in [-0.1, -0.05) is 54.8 Å². The molecule has 10 heteroatoms. The summed E-state index contributed by atoms with van der Waals surface area (Å²) < 4.78 is 1.63. The van der Waals surface area contributed by atoms with Crippen molar-refractivity contribution in [1.82, 2.24) is 10.2 Å². The van der Waals surface area contributed by atoms with Gasteiger partial charge in [-0.15, -0.1) is 10.2 Å². The van der Waals surface area contributed by atoms with Crippen molar-refractivity contribution in [3.63, 3.8) is 0 Å². The summed E-state index contributed by atoms with van der Waals surface area (Å²) in [5.74, 6) is 1.49. The van der Waals surface area contributed by atoms with Gasteiger partial charge in [-0.3, -0.25) is 14.9 Å². The predicted molar refractivity (Wildman–Crippen MR) is 97.9 cm³/mol. The predicted octanol–water partition coefficient (Wildman–Crippen LogP) is 3.93. The maximum Gasteiger partial charge on any atom is 0.271 e. The third-order valence-corrected chi connectivity index (χ3v) is 6.21. The van der Waals surface area contributed by atoms with Gasteiger partial charge in [0.05, 0.1) is 10.7 Å². The van der Waals surface area contributed by atoms with Gasteiger partial charge >= 0.3 is 0 Å². The third kappa shape index (κ3) is 6.10. The minimum Gasteiger partial charge on any atom is -0.325 e. The second kappa shape index (κ2) is 9.00. The Hall–Kier alpha value is -1.65. The van der Waals surface area contributed by atoms with Crippen LogP contribution < -0.4 is 5.32 Å². The number of anilines is 1. The smallest absolute Gasteiger partial charge is 0.271 e. The maximum absolute atomic E-state index is 11.9. The van der Waals surface area contributed by atoms with Gasteiger partial charge in [0.15, 0.2) is 8.68 Å². The largest absolute Gasteiger partial charge is 0.325 e. The fraction of sp³-hybridized carbons (Fsp3) is 0.357. The molecule has 0 radical (unpaired) electrons. The molecule has 0 aliphatic rings. The lowest BCUT2D eigenvalue weighted by Gasteiger charge is -2.03. The van der Waals surface area contributed by atoms with Gasteiger partial charge in [-0.2, -0.15) is 0 Å². The number of nitro groups is 1. The van der Waals surface area contributed by atoms with E-state index in [1.54, 1.807) is 17.8 Å². The van der Waals surface area contributed by atoms with Crippen LogP contribution in [0.2, 0.25) is 0 Å². The average molecular weight is 385 g/mol. The Bertz CT molecular complexity index is 721. The standard InChI is InChI=1S/C14H16N4O3S3/c1-9(2)7-22-13-16-17-14(24-13)23-8-12(19)15-10-4-3-5-11(6-10)18(20)21/h3-6,9H,7-8H2,1-2H3,(H,15,19). The molecule has 0 aliphatic carbocycles. The summed E-state index contributed by atoms with van der Waals surface area (Å²) in [4.78, 5) is 22.2. The molecule has 128 valence electrons. The summed E-state index contributed by atoms with van der Waals surface area (Å²) >= 11 is 4.42. The zero-order valence-corrected chi connectivity index (χ0v) is 15.5. The zero-order chi connectivity index (χ0) is 17.5. The Morgan fingerprint density at radius 2 is 2.04 bits per heavy atom. The van der Waals surface area contributed by atoms with Gasteiger partial charge in [0.1, 0.15) is 0 Å². The highest BCUT2D eigenvalue weighted by atomic mass is 32.2. The zero-order valence-electron chi connectivity index (χ0n) is 13.1. The fourth-order valence-corrected chi connectivity index (χ4v) is 4.37. The van der Waals surface area contributed by atoms with Crippen molar-refractivity contribution >= 4 is 52.1 Å². The highest BCUT2D eigenvalue weighted by molar-refractivity contribution is 8.03. The van der Waals surface area contributed by atoms with E-state index in [1.807, 2.05) is 0 Å². The van der Waals surface area contributed by atoms with E-state index in [0.29, 0.717) is 11.6 Å². The van der Waals surface area contributed by atoms with Gasteiger partial charge in [-0.05, 0) is 12.0 Å². The summed E-state index contributed by atoms with van der Waals surface area (Å²) in [5, 5.41) is 21.5. The van der Waals surface area contributed by atoms with Crippen LogP contribution >= 0.6 is 34.9 Å². The highest BCUT2D eigenvalue weighted by Crippen LogP contribution is 2.29. The second-order valence-electron chi connectivity index (χ2n) is 5.18. The van der Waals surface area contributed by atoms with E-state index in [2.05, 4.69) is 29.4 Å². The molecule has 2 aromatic rings. The number of carbonyl (C=O) groups is 1. The van der Waals surface area contributed by atoms with E-state index in [1.165, 1.54) is 41.3 Å². The van der Waals surface area contributed by atoms with Crippen LogP contribution in [0.1, 0.15) is 13.8 Å². The average Bonchev–Trinajstić information content (AvgIpc) is 2.99.